The Morgan fingerprint density at radius 3 is 2.50 bits per heavy atom. The topological polar surface area (TPSA) is 49.3 Å². The van der Waals surface area contributed by atoms with Gasteiger partial charge >= 0.3 is 0 Å². The van der Waals surface area contributed by atoms with Crippen LogP contribution in [0.1, 0.15) is 15.9 Å². The van der Waals surface area contributed by atoms with Gasteiger partial charge in [0.15, 0.2) is 0 Å². The summed E-state index contributed by atoms with van der Waals surface area (Å²) in [6, 6.07) is 12.0. The van der Waals surface area contributed by atoms with E-state index in [4.69, 9.17) is 5.11 Å². The number of hydrogen-bond acceptors (Lipinski definition) is 2. The molecule has 0 bridgehead atoms. The lowest BCUT2D eigenvalue weighted by Crippen LogP contribution is -2.12. The summed E-state index contributed by atoms with van der Waals surface area (Å²) in [5, 5.41) is 11.9. The van der Waals surface area contributed by atoms with Crippen LogP contribution in [0.15, 0.2) is 46.9 Å². The van der Waals surface area contributed by atoms with Crippen LogP contribution in [0.5, 0.6) is 5.75 Å². The van der Waals surface area contributed by atoms with E-state index < -0.39 is 0 Å². The van der Waals surface area contributed by atoms with Crippen molar-refractivity contribution in [2.75, 3.05) is 5.32 Å². The van der Waals surface area contributed by atoms with Gasteiger partial charge in [0, 0.05) is 10.2 Å². The van der Waals surface area contributed by atoms with E-state index >= 15 is 0 Å². The third-order valence-corrected chi connectivity index (χ3v) is 3.18. The number of carbonyl (C=O) groups excluding carboxylic acids is 1. The first-order valence-electron chi connectivity index (χ1n) is 5.43. The number of aromatic hydroxyl groups is 1. The zero-order valence-electron chi connectivity index (χ0n) is 9.77. The van der Waals surface area contributed by atoms with Gasteiger partial charge in [0.2, 0.25) is 0 Å². The molecule has 0 aliphatic heterocycles. The Morgan fingerprint density at radius 1 is 1.17 bits per heavy atom. The van der Waals surface area contributed by atoms with Crippen LogP contribution in [0.25, 0.3) is 0 Å². The number of hydrogen-bond donors (Lipinski definition) is 2. The van der Waals surface area contributed by atoms with E-state index in [1.165, 1.54) is 12.1 Å². The van der Waals surface area contributed by atoms with E-state index in [1.54, 1.807) is 12.1 Å². The van der Waals surface area contributed by atoms with E-state index in [1.807, 2.05) is 25.1 Å². The molecule has 0 spiro atoms. The number of benzene rings is 2. The smallest absolute Gasteiger partial charge is 0.256 e. The Kier molecular flexibility index (Phi) is 3.67. The fraction of sp³-hybridized carbons (Fsp3) is 0.0714. The van der Waals surface area contributed by atoms with Crippen LogP contribution < -0.4 is 5.32 Å². The van der Waals surface area contributed by atoms with Crippen molar-refractivity contribution >= 4 is 27.5 Å². The average Bonchev–Trinajstić information content (AvgIpc) is 2.35. The summed E-state index contributed by atoms with van der Waals surface area (Å²) >= 11 is 3.36. The summed E-state index contributed by atoms with van der Waals surface area (Å²) in [7, 11) is 0. The van der Waals surface area contributed by atoms with Crippen LogP contribution in [-0.2, 0) is 0 Å². The third-order valence-electron chi connectivity index (χ3n) is 2.49. The van der Waals surface area contributed by atoms with Crippen molar-refractivity contribution in [3.63, 3.8) is 0 Å². The highest BCUT2D eigenvalue weighted by atomic mass is 79.9. The number of aryl methyl sites for hydroxylation is 1. The molecular weight excluding hydrogens is 294 g/mol. The Morgan fingerprint density at radius 2 is 1.83 bits per heavy atom. The zero-order chi connectivity index (χ0) is 13.1. The van der Waals surface area contributed by atoms with E-state index in [0.717, 1.165) is 10.0 Å². The van der Waals surface area contributed by atoms with Gasteiger partial charge in [-0.15, -0.1) is 0 Å². The molecule has 18 heavy (non-hydrogen) atoms. The summed E-state index contributed by atoms with van der Waals surface area (Å²) in [6.07, 6.45) is 0. The molecule has 0 aromatic heterocycles. The van der Waals surface area contributed by atoms with Crippen molar-refractivity contribution in [1.29, 1.82) is 0 Å². The highest BCUT2D eigenvalue weighted by molar-refractivity contribution is 9.10. The summed E-state index contributed by atoms with van der Waals surface area (Å²) in [5.74, 6) is -0.0130. The van der Waals surface area contributed by atoms with Crippen molar-refractivity contribution in [1.82, 2.24) is 0 Å². The second-order valence-electron chi connectivity index (χ2n) is 3.98. The predicted molar refractivity (Wildman–Crippen MR) is 74.9 cm³/mol. The number of carbonyl (C=O) groups is 1. The molecule has 0 heterocycles. The third kappa shape index (κ3) is 2.90. The van der Waals surface area contributed by atoms with Gasteiger partial charge in [-0.25, -0.2) is 0 Å². The Balaban J connectivity index is 2.21. The van der Waals surface area contributed by atoms with Gasteiger partial charge in [0.25, 0.3) is 5.91 Å². The minimum absolute atomic E-state index is 0.171. The first kappa shape index (κ1) is 12.6. The summed E-state index contributed by atoms with van der Waals surface area (Å²) in [4.78, 5) is 12.1. The molecule has 0 saturated heterocycles. The van der Waals surface area contributed by atoms with Crippen LogP contribution in [-0.4, -0.2) is 11.0 Å². The maximum absolute atomic E-state index is 12.1. The normalized spacial score (nSPS) is 10.1. The molecule has 0 saturated carbocycles. The summed E-state index contributed by atoms with van der Waals surface area (Å²) < 4.78 is 0.754. The molecule has 0 fully saturated rings. The number of phenolic OH excluding ortho intramolecular Hbond substituents is 1. The number of rotatable bonds is 2. The monoisotopic (exact) mass is 305 g/mol. The molecule has 2 aromatic carbocycles. The van der Waals surface area contributed by atoms with Crippen molar-refractivity contribution < 1.29 is 9.90 Å². The lowest BCUT2D eigenvalue weighted by molar-refractivity contribution is 0.102. The van der Waals surface area contributed by atoms with Gasteiger partial charge in [-0.05, 0) is 59.3 Å². The fourth-order valence-corrected chi connectivity index (χ4v) is 1.98. The Bertz CT molecular complexity index is 579. The number of phenols is 1. The van der Waals surface area contributed by atoms with Crippen molar-refractivity contribution in [3.8, 4) is 5.75 Å². The minimum Gasteiger partial charge on any atom is -0.508 e. The zero-order valence-corrected chi connectivity index (χ0v) is 11.4. The molecule has 2 N–H and O–H groups in total. The van der Waals surface area contributed by atoms with Crippen LogP contribution in [0, 0.1) is 6.92 Å². The van der Waals surface area contributed by atoms with E-state index in [-0.39, 0.29) is 11.7 Å². The highest BCUT2D eigenvalue weighted by Crippen LogP contribution is 2.20. The molecule has 0 aliphatic carbocycles. The standard InChI is InChI=1S/C14H12BrNO2/c1-9-2-7-13(15)12(8-9)14(18)16-10-3-5-11(17)6-4-10/h2-8,17H,1H3,(H,16,18). The molecule has 0 radical (unpaired) electrons. The van der Waals surface area contributed by atoms with Gasteiger partial charge in [0.05, 0.1) is 5.56 Å². The largest absolute Gasteiger partial charge is 0.508 e. The maximum atomic E-state index is 12.1. The molecule has 0 unspecified atom stereocenters. The van der Waals surface area contributed by atoms with Gasteiger partial charge in [-0.3, -0.25) is 4.79 Å². The number of halogens is 1. The SMILES string of the molecule is Cc1ccc(Br)c(C(=O)Nc2ccc(O)cc2)c1. The second kappa shape index (κ2) is 5.23. The number of anilines is 1. The lowest BCUT2D eigenvalue weighted by Gasteiger charge is -2.07. The van der Waals surface area contributed by atoms with Gasteiger partial charge in [-0.1, -0.05) is 11.6 Å². The quantitative estimate of drug-likeness (QED) is 0.831. The van der Waals surface area contributed by atoms with E-state index in [9.17, 15) is 4.79 Å². The van der Waals surface area contributed by atoms with Crippen molar-refractivity contribution in [2.45, 2.75) is 6.92 Å². The van der Waals surface area contributed by atoms with Gasteiger partial charge < -0.3 is 10.4 Å². The van der Waals surface area contributed by atoms with Crippen molar-refractivity contribution in [3.05, 3.63) is 58.1 Å². The Hall–Kier alpha value is -1.81. The predicted octanol–water partition coefficient (Wildman–Crippen LogP) is 3.72. The minimum atomic E-state index is -0.184. The highest BCUT2D eigenvalue weighted by Gasteiger charge is 2.10. The molecule has 2 rings (SSSR count). The van der Waals surface area contributed by atoms with E-state index in [2.05, 4.69) is 21.2 Å². The molecule has 0 aliphatic rings. The van der Waals surface area contributed by atoms with Gasteiger partial charge in [-0.2, -0.15) is 0 Å². The fourth-order valence-electron chi connectivity index (χ4n) is 1.56. The Labute approximate surface area is 114 Å². The van der Waals surface area contributed by atoms with Crippen LogP contribution in [0.2, 0.25) is 0 Å². The lowest BCUT2D eigenvalue weighted by atomic mass is 10.1. The van der Waals surface area contributed by atoms with Crippen LogP contribution in [0.4, 0.5) is 5.69 Å². The number of amides is 1. The molecule has 3 nitrogen and oxygen atoms in total. The molecule has 92 valence electrons. The van der Waals surface area contributed by atoms with Crippen molar-refractivity contribution in [2.24, 2.45) is 0 Å². The summed E-state index contributed by atoms with van der Waals surface area (Å²) in [5.41, 5.74) is 2.25. The van der Waals surface area contributed by atoms with E-state index in [0.29, 0.717) is 11.3 Å². The maximum Gasteiger partial charge on any atom is 0.256 e. The second-order valence-corrected chi connectivity index (χ2v) is 4.84. The molecule has 4 heteroatoms. The molecule has 2 aromatic rings. The first-order chi connectivity index (χ1) is 8.56. The van der Waals surface area contributed by atoms with Crippen LogP contribution >= 0.6 is 15.9 Å². The molecule has 0 atom stereocenters. The van der Waals surface area contributed by atoms with Gasteiger partial charge in [0.1, 0.15) is 5.75 Å². The average molecular weight is 306 g/mol. The molecular formula is C14H12BrNO2. The first-order valence-corrected chi connectivity index (χ1v) is 6.22. The number of nitrogens with one attached hydrogen (secondary N) is 1. The summed E-state index contributed by atoms with van der Waals surface area (Å²) in [6.45, 7) is 1.93. The molecule has 1 amide bonds. The van der Waals surface area contributed by atoms with Crippen LogP contribution in [0.3, 0.4) is 0 Å².